The molecule has 0 heterocycles. The number of halogens is 3. The second-order valence-corrected chi connectivity index (χ2v) is 4.29. The number of carboxylic acid groups (broad SMARTS) is 1. The molecule has 0 bridgehead atoms. The molecule has 1 atom stereocenters. The summed E-state index contributed by atoms with van der Waals surface area (Å²) in [6.07, 6.45) is -4.64. The minimum atomic E-state index is -4.64. The van der Waals surface area contributed by atoms with Crippen molar-refractivity contribution in [2.45, 2.75) is 12.2 Å². The number of carbonyl (C=O) groups is 2. The third-order valence-corrected chi connectivity index (χ3v) is 2.89. The number of rotatable bonds is 6. The Bertz CT molecular complexity index is 505. The topological polar surface area (TPSA) is 66.4 Å². The van der Waals surface area contributed by atoms with Crippen LogP contribution in [-0.4, -0.2) is 35.2 Å². The molecule has 0 amide bonds. The number of carbonyl (C=O) groups excluding carboxylic acids is 1. The van der Waals surface area contributed by atoms with E-state index in [2.05, 4.69) is 17.9 Å². The van der Waals surface area contributed by atoms with E-state index in [1.165, 1.54) is 12.1 Å². The molecule has 0 unspecified atom stereocenters. The van der Waals surface area contributed by atoms with Crippen molar-refractivity contribution in [3.05, 3.63) is 35.4 Å². The maximum atomic E-state index is 12.7. The summed E-state index contributed by atoms with van der Waals surface area (Å²) in [4.78, 5) is 22.5. The van der Waals surface area contributed by atoms with Crippen LogP contribution in [0.4, 0.5) is 13.2 Å². The fourth-order valence-corrected chi connectivity index (χ4v) is 1.80. The van der Waals surface area contributed by atoms with E-state index >= 15 is 0 Å². The zero-order valence-electron chi connectivity index (χ0n) is 10.1. The van der Waals surface area contributed by atoms with Gasteiger partial charge in [-0.3, -0.25) is 14.9 Å². The van der Waals surface area contributed by atoms with Gasteiger partial charge >= 0.3 is 12.1 Å². The molecular formula is C12H12F3NO3S. The Kier molecular flexibility index (Phi) is 5.58. The van der Waals surface area contributed by atoms with E-state index in [-0.39, 0.29) is 5.75 Å². The van der Waals surface area contributed by atoms with Gasteiger partial charge in [0, 0.05) is 11.3 Å². The van der Waals surface area contributed by atoms with Gasteiger partial charge in [-0.1, -0.05) is 18.2 Å². The van der Waals surface area contributed by atoms with Crippen LogP contribution in [0.1, 0.15) is 15.9 Å². The van der Waals surface area contributed by atoms with E-state index in [0.29, 0.717) is 0 Å². The summed E-state index contributed by atoms with van der Waals surface area (Å²) in [5.41, 5.74) is -1.53. The van der Waals surface area contributed by atoms with Gasteiger partial charge in [0.25, 0.3) is 0 Å². The van der Waals surface area contributed by atoms with Gasteiger partial charge in [0.1, 0.15) is 6.04 Å². The predicted octanol–water partition coefficient (Wildman–Crippen LogP) is 1.86. The van der Waals surface area contributed by atoms with E-state index in [9.17, 15) is 22.8 Å². The fourth-order valence-electron chi connectivity index (χ4n) is 1.51. The minimum absolute atomic E-state index is 0.0798. The van der Waals surface area contributed by atoms with Gasteiger partial charge in [-0.25, -0.2) is 0 Å². The predicted molar refractivity (Wildman–Crippen MR) is 69.1 cm³/mol. The maximum Gasteiger partial charge on any atom is 0.417 e. The molecule has 8 heteroatoms. The first kappa shape index (κ1) is 16.5. The van der Waals surface area contributed by atoms with Gasteiger partial charge in [0.05, 0.1) is 12.1 Å². The first-order valence-electron chi connectivity index (χ1n) is 5.54. The highest BCUT2D eigenvalue weighted by molar-refractivity contribution is 7.80. The van der Waals surface area contributed by atoms with E-state index in [0.717, 1.165) is 12.1 Å². The quantitative estimate of drug-likeness (QED) is 0.554. The second-order valence-electron chi connectivity index (χ2n) is 3.92. The normalized spacial score (nSPS) is 13.0. The monoisotopic (exact) mass is 307 g/mol. The SMILES string of the molecule is O=C(CN[C@H](CS)C(=O)O)c1ccccc1C(F)(F)F. The largest absolute Gasteiger partial charge is 0.480 e. The van der Waals surface area contributed by atoms with Crippen LogP contribution in [0.15, 0.2) is 24.3 Å². The number of carboxylic acids is 1. The molecule has 1 aromatic rings. The molecule has 1 rings (SSSR count). The molecule has 20 heavy (non-hydrogen) atoms. The molecule has 0 saturated carbocycles. The molecule has 0 radical (unpaired) electrons. The maximum absolute atomic E-state index is 12.7. The summed E-state index contributed by atoms with van der Waals surface area (Å²) in [7, 11) is 0. The Balaban J connectivity index is 2.86. The molecule has 0 aliphatic carbocycles. The smallest absolute Gasteiger partial charge is 0.417 e. The van der Waals surface area contributed by atoms with Crippen LogP contribution in [0, 0.1) is 0 Å². The standard InChI is InChI=1S/C12H12F3NO3S/c13-12(14,15)8-4-2-1-3-7(8)10(17)5-16-9(6-20)11(18)19/h1-4,9,16,20H,5-6H2,(H,18,19)/t9-/m1/s1. The molecule has 0 aromatic heterocycles. The average Bonchev–Trinajstić information content (AvgIpc) is 2.37. The molecule has 0 spiro atoms. The Labute approximate surface area is 118 Å². The van der Waals surface area contributed by atoms with Crippen LogP contribution in [0.2, 0.25) is 0 Å². The van der Waals surface area contributed by atoms with Gasteiger partial charge < -0.3 is 5.11 Å². The Hall–Kier alpha value is -1.54. The highest BCUT2D eigenvalue weighted by Gasteiger charge is 2.34. The van der Waals surface area contributed by atoms with Crippen molar-refractivity contribution in [1.82, 2.24) is 5.32 Å². The number of nitrogens with one attached hydrogen (secondary N) is 1. The van der Waals surface area contributed by atoms with Crippen molar-refractivity contribution >= 4 is 24.4 Å². The lowest BCUT2D eigenvalue weighted by molar-refractivity contribution is -0.139. The van der Waals surface area contributed by atoms with Crippen LogP contribution in [0.3, 0.4) is 0 Å². The number of hydrogen-bond donors (Lipinski definition) is 3. The van der Waals surface area contributed by atoms with Crippen LogP contribution >= 0.6 is 12.6 Å². The van der Waals surface area contributed by atoms with Gasteiger partial charge in [0.15, 0.2) is 5.78 Å². The molecule has 0 aliphatic heterocycles. The number of benzene rings is 1. The molecule has 4 nitrogen and oxygen atoms in total. The summed E-state index contributed by atoms with van der Waals surface area (Å²) in [5.74, 6) is -2.13. The van der Waals surface area contributed by atoms with Crippen molar-refractivity contribution in [1.29, 1.82) is 0 Å². The first-order valence-corrected chi connectivity index (χ1v) is 6.17. The highest BCUT2D eigenvalue weighted by atomic mass is 32.1. The lowest BCUT2D eigenvalue weighted by atomic mass is 10.0. The van der Waals surface area contributed by atoms with E-state index in [1.54, 1.807) is 0 Å². The summed E-state index contributed by atoms with van der Waals surface area (Å²) < 4.78 is 38.2. The molecule has 110 valence electrons. The molecule has 0 aliphatic rings. The molecule has 0 fully saturated rings. The van der Waals surface area contributed by atoms with Crippen molar-refractivity contribution < 1.29 is 27.9 Å². The van der Waals surface area contributed by atoms with Crippen molar-refractivity contribution in [2.24, 2.45) is 0 Å². The third-order valence-electron chi connectivity index (χ3n) is 2.52. The number of thiol groups is 1. The fraction of sp³-hybridized carbons (Fsp3) is 0.333. The zero-order chi connectivity index (χ0) is 15.3. The summed E-state index contributed by atoms with van der Waals surface area (Å²) in [6, 6.07) is 3.26. The van der Waals surface area contributed by atoms with Gasteiger partial charge in [-0.2, -0.15) is 25.8 Å². The molecule has 2 N–H and O–H groups in total. The van der Waals surface area contributed by atoms with Crippen LogP contribution in [-0.2, 0) is 11.0 Å². The van der Waals surface area contributed by atoms with Crippen LogP contribution in [0.5, 0.6) is 0 Å². The third kappa shape index (κ3) is 4.24. The van der Waals surface area contributed by atoms with Gasteiger partial charge in [-0.05, 0) is 6.07 Å². The summed E-state index contributed by atoms with van der Waals surface area (Å²) in [5, 5.41) is 11.1. The lowest BCUT2D eigenvalue weighted by Crippen LogP contribution is -2.41. The van der Waals surface area contributed by atoms with Gasteiger partial charge in [-0.15, -0.1) is 0 Å². The zero-order valence-corrected chi connectivity index (χ0v) is 11.0. The Morgan fingerprint density at radius 3 is 2.40 bits per heavy atom. The van der Waals surface area contributed by atoms with E-state index < -0.39 is 41.6 Å². The molecule has 0 saturated heterocycles. The molecular weight excluding hydrogens is 295 g/mol. The van der Waals surface area contributed by atoms with Crippen molar-refractivity contribution in [3.63, 3.8) is 0 Å². The Morgan fingerprint density at radius 1 is 1.30 bits per heavy atom. The molecule has 1 aromatic carbocycles. The Morgan fingerprint density at radius 2 is 1.90 bits per heavy atom. The average molecular weight is 307 g/mol. The van der Waals surface area contributed by atoms with Crippen molar-refractivity contribution in [2.75, 3.05) is 12.3 Å². The van der Waals surface area contributed by atoms with Crippen molar-refractivity contribution in [3.8, 4) is 0 Å². The van der Waals surface area contributed by atoms with E-state index in [4.69, 9.17) is 5.11 Å². The highest BCUT2D eigenvalue weighted by Crippen LogP contribution is 2.31. The van der Waals surface area contributed by atoms with E-state index in [1.807, 2.05) is 0 Å². The number of alkyl halides is 3. The number of Topliss-reactive ketones (excluding diaryl/α,β-unsaturated/α-hetero) is 1. The summed E-state index contributed by atoms with van der Waals surface area (Å²) >= 11 is 3.78. The van der Waals surface area contributed by atoms with Gasteiger partial charge in [0.2, 0.25) is 0 Å². The second kappa shape index (κ2) is 6.76. The number of aliphatic carboxylic acids is 1. The number of ketones is 1. The van der Waals surface area contributed by atoms with Crippen LogP contribution < -0.4 is 5.32 Å². The summed E-state index contributed by atoms with van der Waals surface area (Å²) in [6.45, 7) is -0.509. The first-order chi connectivity index (χ1) is 9.27. The number of hydrogen-bond acceptors (Lipinski definition) is 4. The lowest BCUT2D eigenvalue weighted by Gasteiger charge is -2.14. The van der Waals surface area contributed by atoms with Crippen LogP contribution in [0.25, 0.3) is 0 Å². The minimum Gasteiger partial charge on any atom is -0.480 e.